The SMILES string of the molecule is c1cc(-c2ccc3c4ccccc4c4ccccc4c3c2)cc(-c2cccc3c4ccc5c6ccccc6c6cccc7c6c5c4n7c23)c1.c1ccc(-c2nc(-c3ccccc3)nc(-c3ccc(-c4cccc5c6ccc7c8ccccc8c8cccc9c8c7c6n9c45)cc3)n2)cc1.c1ccc(-c2nc(-c3ccccc3)nc(-c3cccc4c5ccc6c7ccccc7c7cccc8c7c6c5n8c34)n2)cc1. The molecule has 0 fully saturated rings. The molecule has 0 aliphatic carbocycles. The highest BCUT2D eigenvalue weighted by atomic mass is 15.1. The van der Waals surface area contributed by atoms with Gasteiger partial charge in [-0.2, -0.15) is 0 Å². The van der Waals surface area contributed by atoms with E-state index in [0.717, 1.165) is 44.5 Å². The lowest BCUT2D eigenvalue weighted by Crippen LogP contribution is -2.00. The molecule has 9 heteroatoms. The molecule has 0 saturated carbocycles. The maximum atomic E-state index is 5.11. The Bertz CT molecular complexity index is 10800. The molecule has 0 unspecified atom stereocenters. The number of aromatic nitrogens is 9. The molecule has 8 aromatic heterocycles. The molecule has 0 bridgehead atoms. The van der Waals surface area contributed by atoms with Crippen molar-refractivity contribution >= 4 is 211 Å². The van der Waals surface area contributed by atoms with E-state index < -0.39 is 0 Å². The second kappa shape index (κ2) is 29.8. The molecular formula is C132H75N9. The Hall–Kier alpha value is -19.0. The molecule has 8 heterocycles. The minimum atomic E-state index is 0.654. The van der Waals surface area contributed by atoms with Gasteiger partial charge in [0, 0.05) is 109 Å². The number of hydrogen-bond acceptors (Lipinski definition) is 6. The lowest BCUT2D eigenvalue weighted by Gasteiger charge is -2.13. The first-order valence-electron chi connectivity index (χ1n) is 48.3. The van der Waals surface area contributed by atoms with Crippen molar-refractivity contribution in [3.63, 3.8) is 0 Å². The Morgan fingerprint density at radius 1 is 0.113 bits per heavy atom. The molecule has 0 atom stereocenters. The molecule has 648 valence electrons. The minimum absolute atomic E-state index is 0.654. The Labute approximate surface area is 805 Å². The van der Waals surface area contributed by atoms with Gasteiger partial charge in [0.15, 0.2) is 34.9 Å². The first kappa shape index (κ1) is 77.3. The molecule has 25 aromatic carbocycles. The van der Waals surface area contributed by atoms with Crippen LogP contribution in [-0.2, 0) is 0 Å². The number of rotatable bonds is 9. The molecule has 9 nitrogen and oxygen atoms in total. The number of hydrogen-bond donors (Lipinski definition) is 0. The van der Waals surface area contributed by atoms with Crippen molar-refractivity contribution in [2.75, 3.05) is 0 Å². The molecule has 0 amide bonds. The van der Waals surface area contributed by atoms with E-state index in [4.69, 9.17) is 29.9 Å². The zero-order chi connectivity index (χ0) is 91.9. The van der Waals surface area contributed by atoms with Gasteiger partial charge < -0.3 is 13.2 Å². The van der Waals surface area contributed by atoms with E-state index >= 15 is 0 Å². The van der Waals surface area contributed by atoms with E-state index in [1.165, 1.54) is 234 Å². The van der Waals surface area contributed by atoms with E-state index in [1.807, 2.05) is 97.1 Å². The van der Waals surface area contributed by atoms with Gasteiger partial charge in [-0.05, 0) is 156 Å². The van der Waals surface area contributed by atoms with Crippen LogP contribution in [0.2, 0.25) is 0 Å². The number of para-hydroxylation sites is 3. The largest absolute Gasteiger partial charge is 0.307 e. The van der Waals surface area contributed by atoms with E-state index in [-0.39, 0.29) is 0 Å². The van der Waals surface area contributed by atoms with Crippen molar-refractivity contribution in [1.29, 1.82) is 0 Å². The Kier molecular flexibility index (Phi) is 16.3. The summed E-state index contributed by atoms with van der Waals surface area (Å²) in [5.74, 6) is 3.97. The molecule has 141 heavy (non-hydrogen) atoms. The van der Waals surface area contributed by atoms with Gasteiger partial charge in [-0.1, -0.05) is 419 Å². The van der Waals surface area contributed by atoms with Crippen molar-refractivity contribution in [2.24, 2.45) is 0 Å². The van der Waals surface area contributed by atoms with Crippen LogP contribution in [0.4, 0.5) is 0 Å². The fraction of sp³-hybridized carbons (Fsp3) is 0. The molecule has 0 aliphatic rings. The maximum Gasteiger partial charge on any atom is 0.166 e. The number of nitrogens with zero attached hydrogens (tertiary/aromatic N) is 9. The van der Waals surface area contributed by atoms with Crippen molar-refractivity contribution in [3.05, 3.63) is 455 Å². The Morgan fingerprint density at radius 2 is 0.326 bits per heavy atom. The monoisotopic (exact) mass is 1790 g/mol. The van der Waals surface area contributed by atoms with Crippen LogP contribution in [0.25, 0.3) is 313 Å². The third kappa shape index (κ3) is 11.2. The van der Waals surface area contributed by atoms with Crippen LogP contribution in [0, 0.1) is 0 Å². The standard InChI is InChI=1S/C48H27N.C45H26N4.C39H22N4/c1-2-14-34-32(12-1)33-13-3-6-17-37(33)43-27-29(22-23-38(34)43)28-10-7-11-30(26-28)31-18-8-20-41-42-25-24-40-36-16-5-4-15-35(36)39-19-9-21-44-45(39)46(40)48(42)49(44)47(31)41;1-3-11-28(12-4-1)43-46-44(29-13-5-2-6-14-29)48-45(47-43)30-23-21-27(22-24-30)31-17-9-19-36-37-26-25-35-33-16-8-7-15-32(33)34-18-10-20-38-39(34)40(35)42(37)49(38)41(31)36;1-3-11-23(12-4-1)37-40-38(24-13-5-2-6-14-24)42-39(41-37)31-19-9-18-29-30-22-21-28-26-16-8-7-15-25(26)27-17-10-20-32-33(27)34(28)36(30)43(32)35(29)31/h1-27H;1-26H;1-22H. The molecule has 0 N–H and O–H groups in total. The van der Waals surface area contributed by atoms with Gasteiger partial charge in [0.2, 0.25) is 0 Å². The number of benzene rings is 25. The predicted octanol–water partition coefficient (Wildman–Crippen LogP) is 34.6. The summed E-state index contributed by atoms with van der Waals surface area (Å²) >= 11 is 0. The fourth-order valence-electron chi connectivity index (χ4n) is 24.4. The molecule has 33 rings (SSSR count). The van der Waals surface area contributed by atoms with Crippen LogP contribution in [0.1, 0.15) is 0 Å². The van der Waals surface area contributed by atoms with Crippen molar-refractivity contribution in [1.82, 2.24) is 43.1 Å². The van der Waals surface area contributed by atoms with Crippen molar-refractivity contribution in [3.8, 4) is 102 Å². The summed E-state index contributed by atoms with van der Waals surface area (Å²) in [5.41, 5.74) is 24.4. The molecule has 0 aliphatic heterocycles. The zero-order valence-corrected chi connectivity index (χ0v) is 75.8. The van der Waals surface area contributed by atoms with Gasteiger partial charge in [-0.25, -0.2) is 29.9 Å². The highest BCUT2D eigenvalue weighted by Gasteiger charge is 2.31. The molecule has 0 radical (unpaired) electrons. The van der Waals surface area contributed by atoms with Crippen LogP contribution in [0.5, 0.6) is 0 Å². The molecule has 0 spiro atoms. The van der Waals surface area contributed by atoms with E-state index in [0.29, 0.717) is 34.9 Å². The van der Waals surface area contributed by atoms with E-state index in [9.17, 15) is 0 Å². The normalized spacial score (nSPS) is 12.3. The maximum absolute atomic E-state index is 5.11. The number of fused-ring (bicyclic) bond motifs is 27. The van der Waals surface area contributed by atoms with Gasteiger partial charge >= 0.3 is 0 Å². The Morgan fingerprint density at radius 3 is 0.695 bits per heavy atom. The molecule has 0 saturated heterocycles. The van der Waals surface area contributed by atoms with Gasteiger partial charge in [-0.3, -0.25) is 0 Å². The average molecular weight is 1790 g/mol. The molecular weight excluding hydrogens is 1710 g/mol. The highest BCUT2D eigenvalue weighted by molar-refractivity contribution is 6.43. The van der Waals surface area contributed by atoms with E-state index in [2.05, 4.69) is 371 Å². The lowest BCUT2D eigenvalue weighted by molar-refractivity contribution is 1.07. The summed E-state index contributed by atoms with van der Waals surface area (Å²) in [6.07, 6.45) is 0. The fourth-order valence-corrected chi connectivity index (χ4v) is 24.4. The topological polar surface area (TPSA) is 90.6 Å². The summed E-state index contributed by atoms with van der Waals surface area (Å²) in [4.78, 5) is 29.9. The second-order valence-corrected chi connectivity index (χ2v) is 37.6. The summed E-state index contributed by atoms with van der Waals surface area (Å²) in [5, 5.41) is 39.3. The third-order valence-corrected chi connectivity index (χ3v) is 30.3. The van der Waals surface area contributed by atoms with Gasteiger partial charge in [0.25, 0.3) is 0 Å². The van der Waals surface area contributed by atoms with Crippen molar-refractivity contribution < 1.29 is 0 Å². The lowest BCUT2D eigenvalue weighted by atomic mass is 9.91. The average Bonchev–Trinajstić information content (AvgIpc) is 1.52. The summed E-state index contributed by atoms with van der Waals surface area (Å²) in [6.45, 7) is 0. The van der Waals surface area contributed by atoms with Gasteiger partial charge in [-0.15, -0.1) is 0 Å². The first-order valence-corrected chi connectivity index (χ1v) is 48.3. The second-order valence-electron chi connectivity index (χ2n) is 37.6. The van der Waals surface area contributed by atoms with Crippen LogP contribution in [0.15, 0.2) is 455 Å². The van der Waals surface area contributed by atoms with Crippen LogP contribution < -0.4 is 0 Å². The summed E-state index contributed by atoms with van der Waals surface area (Å²) in [7, 11) is 0. The van der Waals surface area contributed by atoms with Gasteiger partial charge in [0.1, 0.15) is 0 Å². The first-order chi connectivity index (χ1) is 70.0. The summed E-state index contributed by atoms with van der Waals surface area (Å²) < 4.78 is 7.53. The predicted molar refractivity (Wildman–Crippen MR) is 590 cm³/mol. The molecule has 33 aromatic rings. The van der Waals surface area contributed by atoms with Crippen molar-refractivity contribution in [2.45, 2.75) is 0 Å². The Balaban J connectivity index is 0.0000000975. The van der Waals surface area contributed by atoms with Crippen LogP contribution in [-0.4, -0.2) is 43.1 Å². The van der Waals surface area contributed by atoms with Crippen LogP contribution in [0.3, 0.4) is 0 Å². The zero-order valence-electron chi connectivity index (χ0n) is 75.8. The van der Waals surface area contributed by atoms with Gasteiger partial charge in [0.05, 0.1) is 49.7 Å². The van der Waals surface area contributed by atoms with Crippen LogP contribution >= 0.6 is 0 Å². The van der Waals surface area contributed by atoms with E-state index in [1.54, 1.807) is 0 Å². The summed E-state index contributed by atoms with van der Waals surface area (Å²) in [6, 6.07) is 164. The minimum Gasteiger partial charge on any atom is -0.307 e. The smallest absolute Gasteiger partial charge is 0.166 e. The highest BCUT2D eigenvalue weighted by Crippen LogP contribution is 2.54. The third-order valence-electron chi connectivity index (χ3n) is 30.3. The quantitative estimate of drug-likeness (QED) is 0.134.